The lowest BCUT2D eigenvalue weighted by Crippen LogP contribution is -2.41. The van der Waals surface area contributed by atoms with Crippen LogP contribution < -0.4 is 9.62 Å². The molecule has 27 heavy (non-hydrogen) atoms. The molecule has 1 heterocycles. The van der Waals surface area contributed by atoms with Crippen LogP contribution in [0.2, 0.25) is 0 Å². The number of aliphatic carboxylic acids is 1. The van der Waals surface area contributed by atoms with Crippen LogP contribution in [0.3, 0.4) is 0 Å². The van der Waals surface area contributed by atoms with Crippen LogP contribution in [-0.2, 0) is 14.8 Å². The van der Waals surface area contributed by atoms with Crippen molar-refractivity contribution in [3.05, 3.63) is 35.9 Å². The minimum atomic E-state index is -4.08. The summed E-state index contributed by atoms with van der Waals surface area (Å²) in [5.74, 6) is -0.863. The van der Waals surface area contributed by atoms with Gasteiger partial charge in [-0.1, -0.05) is 12.1 Å². The fourth-order valence-corrected chi connectivity index (χ4v) is 5.19. The number of carboxylic acid groups (broad SMARTS) is 1. The van der Waals surface area contributed by atoms with Gasteiger partial charge in [0, 0.05) is 22.9 Å². The van der Waals surface area contributed by atoms with Gasteiger partial charge >= 0.3 is 5.97 Å². The van der Waals surface area contributed by atoms with Crippen LogP contribution in [-0.4, -0.2) is 50.0 Å². The number of sulfonamides is 1. The molecule has 3 rings (SSSR count). The first-order valence-corrected chi connectivity index (χ1v) is 11.3. The molecule has 1 aliphatic rings. The zero-order valence-corrected chi connectivity index (χ0v) is 16.6. The Balaban J connectivity index is 2.09. The van der Waals surface area contributed by atoms with Crippen molar-refractivity contribution < 1.29 is 23.1 Å². The number of thioether (sulfide) groups is 1. The molecular formula is C18H20N2O5S2. The Morgan fingerprint density at radius 1 is 1.30 bits per heavy atom. The van der Waals surface area contributed by atoms with Crippen molar-refractivity contribution in [2.75, 3.05) is 23.5 Å². The number of amides is 1. The zero-order chi connectivity index (χ0) is 19.8. The summed E-state index contributed by atoms with van der Waals surface area (Å²) >= 11 is 1.45. The third kappa shape index (κ3) is 3.42. The Kier molecular flexibility index (Phi) is 5.45. The lowest BCUT2D eigenvalue weighted by Gasteiger charge is -2.17. The third-order valence-corrected chi connectivity index (χ3v) is 6.73. The normalized spacial score (nSPS) is 14.7. The maximum absolute atomic E-state index is 12.9. The summed E-state index contributed by atoms with van der Waals surface area (Å²) in [4.78, 5) is 25.5. The van der Waals surface area contributed by atoms with Gasteiger partial charge in [-0.25, -0.2) is 8.42 Å². The van der Waals surface area contributed by atoms with Gasteiger partial charge in [0.2, 0.25) is 10.0 Å². The van der Waals surface area contributed by atoms with Crippen LogP contribution in [0.15, 0.2) is 35.2 Å². The van der Waals surface area contributed by atoms with Crippen LogP contribution >= 0.6 is 11.8 Å². The maximum atomic E-state index is 12.9. The molecule has 9 heteroatoms. The Bertz CT molecular complexity index is 1020. The first-order valence-electron chi connectivity index (χ1n) is 8.43. The lowest BCUT2D eigenvalue weighted by molar-refractivity contribution is -0.139. The summed E-state index contributed by atoms with van der Waals surface area (Å²) in [7, 11) is -4.08. The number of anilines is 1. The number of hydrogen-bond donors (Lipinski definition) is 2. The van der Waals surface area contributed by atoms with E-state index < -0.39 is 22.0 Å². The second kappa shape index (κ2) is 7.49. The molecule has 7 nitrogen and oxygen atoms in total. The van der Waals surface area contributed by atoms with Crippen molar-refractivity contribution in [1.82, 2.24) is 4.72 Å². The first-order chi connectivity index (χ1) is 12.8. The average molecular weight is 409 g/mol. The zero-order valence-electron chi connectivity index (χ0n) is 14.9. The number of carboxylic acids is 1. The molecule has 0 fully saturated rings. The first kappa shape index (κ1) is 19.7. The van der Waals surface area contributed by atoms with E-state index in [1.807, 2.05) is 13.2 Å². The number of benzene rings is 2. The minimum absolute atomic E-state index is 0.0238. The van der Waals surface area contributed by atoms with Crippen molar-refractivity contribution in [1.29, 1.82) is 0 Å². The summed E-state index contributed by atoms with van der Waals surface area (Å²) in [6.45, 7) is 2.33. The van der Waals surface area contributed by atoms with E-state index in [1.165, 1.54) is 17.8 Å². The Labute approximate surface area is 161 Å². The van der Waals surface area contributed by atoms with Gasteiger partial charge in [-0.2, -0.15) is 16.5 Å². The molecule has 1 atom stereocenters. The van der Waals surface area contributed by atoms with E-state index in [2.05, 4.69) is 4.72 Å². The predicted molar refractivity (Wildman–Crippen MR) is 106 cm³/mol. The molecule has 0 aliphatic carbocycles. The minimum Gasteiger partial charge on any atom is -0.480 e. The topological polar surface area (TPSA) is 104 Å². The van der Waals surface area contributed by atoms with Crippen LogP contribution in [0.4, 0.5) is 5.69 Å². The fourth-order valence-electron chi connectivity index (χ4n) is 3.29. The maximum Gasteiger partial charge on any atom is 0.321 e. The van der Waals surface area contributed by atoms with Gasteiger partial charge in [-0.15, -0.1) is 0 Å². The van der Waals surface area contributed by atoms with Gasteiger partial charge in [-0.3, -0.25) is 9.59 Å². The largest absolute Gasteiger partial charge is 0.480 e. The molecular weight excluding hydrogens is 388 g/mol. The van der Waals surface area contributed by atoms with Gasteiger partial charge in [-0.05, 0) is 43.6 Å². The van der Waals surface area contributed by atoms with Crippen molar-refractivity contribution in [2.45, 2.75) is 24.3 Å². The van der Waals surface area contributed by atoms with Gasteiger partial charge < -0.3 is 10.0 Å². The predicted octanol–water partition coefficient (Wildman–Crippen LogP) is 2.30. The highest BCUT2D eigenvalue weighted by Gasteiger charge is 2.32. The smallest absolute Gasteiger partial charge is 0.321 e. The number of rotatable bonds is 8. The highest BCUT2D eigenvalue weighted by atomic mass is 32.2. The molecule has 0 bridgehead atoms. The van der Waals surface area contributed by atoms with Crippen LogP contribution in [0, 0.1) is 0 Å². The molecule has 2 aromatic carbocycles. The summed E-state index contributed by atoms with van der Waals surface area (Å²) < 4.78 is 28.1. The summed E-state index contributed by atoms with van der Waals surface area (Å²) in [6, 6.07) is 6.78. The number of nitrogens with one attached hydrogen (secondary N) is 1. The van der Waals surface area contributed by atoms with E-state index in [1.54, 1.807) is 29.2 Å². The van der Waals surface area contributed by atoms with Crippen molar-refractivity contribution in [2.24, 2.45) is 0 Å². The van der Waals surface area contributed by atoms with Crippen LogP contribution in [0.5, 0.6) is 0 Å². The highest BCUT2D eigenvalue weighted by molar-refractivity contribution is 7.98. The third-order valence-electron chi connectivity index (χ3n) is 4.56. The molecule has 1 aliphatic heterocycles. The molecule has 0 saturated heterocycles. The highest BCUT2D eigenvalue weighted by Crippen LogP contribution is 2.39. The molecule has 0 saturated carbocycles. The number of carbonyl (C=O) groups is 2. The van der Waals surface area contributed by atoms with E-state index in [0.29, 0.717) is 34.3 Å². The lowest BCUT2D eigenvalue weighted by atomic mass is 10.1. The van der Waals surface area contributed by atoms with Gasteiger partial charge in [0.1, 0.15) is 6.04 Å². The quantitative estimate of drug-likeness (QED) is 0.695. The summed E-state index contributed by atoms with van der Waals surface area (Å²) in [5, 5.41) is 10.3. The van der Waals surface area contributed by atoms with Crippen molar-refractivity contribution >= 4 is 50.1 Å². The molecule has 0 aromatic heterocycles. The molecule has 0 radical (unpaired) electrons. The van der Waals surface area contributed by atoms with Crippen LogP contribution in [0.1, 0.15) is 23.7 Å². The Morgan fingerprint density at radius 3 is 2.67 bits per heavy atom. The van der Waals surface area contributed by atoms with E-state index in [0.717, 1.165) is 0 Å². The standard InChI is InChI=1S/C18H20N2O5S2/c1-3-20-14-7-8-15(11-5-4-6-12(16(11)14)17(20)21)27(24,25)19-13(18(22)23)9-10-26-2/h4-8,13,19H,3,9-10H2,1-2H3,(H,22,23)/t13-/m1/s1. The second-order valence-electron chi connectivity index (χ2n) is 6.15. The molecule has 0 spiro atoms. The summed E-state index contributed by atoms with van der Waals surface area (Å²) in [6.07, 6.45) is 2.01. The van der Waals surface area contributed by atoms with E-state index in [-0.39, 0.29) is 17.2 Å². The van der Waals surface area contributed by atoms with Gasteiger partial charge in [0.15, 0.2) is 0 Å². The SMILES string of the molecule is CCN1C(=O)c2cccc3c(S(=O)(=O)N[C@H](CCSC)C(=O)O)ccc1c23. The fraction of sp³-hybridized carbons (Fsp3) is 0.333. The number of carbonyl (C=O) groups excluding carboxylic acids is 1. The molecule has 2 aromatic rings. The molecule has 0 unspecified atom stereocenters. The monoisotopic (exact) mass is 408 g/mol. The molecule has 144 valence electrons. The van der Waals surface area contributed by atoms with E-state index in [4.69, 9.17) is 0 Å². The van der Waals surface area contributed by atoms with Gasteiger partial charge in [0.25, 0.3) is 5.91 Å². The van der Waals surface area contributed by atoms with Crippen molar-refractivity contribution in [3.8, 4) is 0 Å². The summed E-state index contributed by atoms with van der Waals surface area (Å²) in [5.41, 5.74) is 1.13. The second-order valence-corrected chi connectivity index (χ2v) is 8.82. The Morgan fingerprint density at radius 2 is 2.04 bits per heavy atom. The molecule has 2 N–H and O–H groups in total. The van der Waals surface area contributed by atoms with Gasteiger partial charge in [0.05, 0.1) is 10.6 Å². The number of hydrogen-bond acceptors (Lipinski definition) is 5. The molecule has 1 amide bonds. The Hall–Kier alpha value is -2.10. The van der Waals surface area contributed by atoms with E-state index in [9.17, 15) is 23.1 Å². The number of nitrogens with zero attached hydrogens (tertiary/aromatic N) is 1. The van der Waals surface area contributed by atoms with Crippen LogP contribution in [0.25, 0.3) is 10.8 Å². The average Bonchev–Trinajstić information content (AvgIpc) is 2.91. The van der Waals surface area contributed by atoms with E-state index >= 15 is 0 Å². The van der Waals surface area contributed by atoms with Crippen molar-refractivity contribution in [3.63, 3.8) is 0 Å².